The minimum Gasteiger partial charge on any atom is -0.507 e. The van der Waals surface area contributed by atoms with Gasteiger partial charge in [-0.05, 0) is 11.6 Å². The first-order valence-electron chi connectivity index (χ1n) is 6.75. The van der Waals surface area contributed by atoms with E-state index in [9.17, 15) is 9.90 Å². The molecule has 3 rings (SSSR count). The molecule has 4 heteroatoms. The van der Waals surface area contributed by atoms with Crippen molar-refractivity contribution in [3.05, 3.63) is 70.1 Å². The highest BCUT2D eigenvalue weighted by molar-refractivity contribution is 5.85. The zero-order valence-electron chi connectivity index (χ0n) is 11.9. The SMILES string of the molecule is COc1cc(O)c2c(=O)cc(/C=C/c3ccccc3)oc2c1. The van der Waals surface area contributed by atoms with E-state index in [0.717, 1.165) is 5.56 Å². The van der Waals surface area contributed by atoms with E-state index in [1.807, 2.05) is 36.4 Å². The molecule has 0 saturated heterocycles. The highest BCUT2D eigenvalue weighted by Crippen LogP contribution is 2.28. The van der Waals surface area contributed by atoms with Crippen molar-refractivity contribution in [2.24, 2.45) is 0 Å². The van der Waals surface area contributed by atoms with Gasteiger partial charge in [0.05, 0.1) is 7.11 Å². The second-order valence-corrected chi connectivity index (χ2v) is 4.78. The second-order valence-electron chi connectivity index (χ2n) is 4.78. The summed E-state index contributed by atoms with van der Waals surface area (Å²) in [6.45, 7) is 0. The minimum absolute atomic E-state index is 0.151. The number of hydrogen-bond acceptors (Lipinski definition) is 4. The third-order valence-corrected chi connectivity index (χ3v) is 3.28. The number of ether oxygens (including phenoxy) is 1. The summed E-state index contributed by atoms with van der Waals surface area (Å²) in [5.74, 6) is 0.688. The molecule has 1 N–H and O–H groups in total. The molecule has 0 amide bonds. The van der Waals surface area contributed by atoms with Crippen LogP contribution in [0.4, 0.5) is 0 Å². The van der Waals surface area contributed by atoms with Gasteiger partial charge >= 0.3 is 0 Å². The predicted molar refractivity (Wildman–Crippen MR) is 86.1 cm³/mol. The monoisotopic (exact) mass is 294 g/mol. The largest absolute Gasteiger partial charge is 0.507 e. The molecule has 1 heterocycles. The summed E-state index contributed by atoms with van der Waals surface area (Å²) < 4.78 is 10.7. The van der Waals surface area contributed by atoms with Gasteiger partial charge in [0.25, 0.3) is 0 Å². The molecular formula is C18H14O4. The van der Waals surface area contributed by atoms with Crippen LogP contribution in [-0.4, -0.2) is 12.2 Å². The van der Waals surface area contributed by atoms with E-state index in [2.05, 4.69) is 0 Å². The molecular weight excluding hydrogens is 280 g/mol. The van der Waals surface area contributed by atoms with Gasteiger partial charge in [-0.25, -0.2) is 0 Å². The van der Waals surface area contributed by atoms with Crippen LogP contribution >= 0.6 is 0 Å². The fourth-order valence-electron chi connectivity index (χ4n) is 2.20. The van der Waals surface area contributed by atoms with E-state index in [0.29, 0.717) is 11.5 Å². The minimum atomic E-state index is -0.297. The van der Waals surface area contributed by atoms with Crippen molar-refractivity contribution in [2.45, 2.75) is 0 Å². The number of benzene rings is 2. The third kappa shape index (κ3) is 2.72. The Hall–Kier alpha value is -3.01. The van der Waals surface area contributed by atoms with Crippen LogP contribution in [0.1, 0.15) is 11.3 Å². The van der Waals surface area contributed by atoms with E-state index in [1.54, 1.807) is 12.1 Å². The molecule has 0 radical (unpaired) electrons. The van der Waals surface area contributed by atoms with Crippen LogP contribution in [-0.2, 0) is 0 Å². The maximum absolute atomic E-state index is 12.1. The molecule has 2 aromatic carbocycles. The maximum atomic E-state index is 12.1. The van der Waals surface area contributed by atoms with E-state index < -0.39 is 0 Å². The van der Waals surface area contributed by atoms with Crippen molar-refractivity contribution in [3.63, 3.8) is 0 Å². The molecule has 0 saturated carbocycles. The van der Waals surface area contributed by atoms with Gasteiger partial charge < -0.3 is 14.3 Å². The van der Waals surface area contributed by atoms with Gasteiger partial charge in [0, 0.05) is 18.2 Å². The molecule has 110 valence electrons. The van der Waals surface area contributed by atoms with Crippen molar-refractivity contribution >= 4 is 23.1 Å². The zero-order chi connectivity index (χ0) is 15.5. The molecule has 0 bridgehead atoms. The Labute approximate surface area is 126 Å². The van der Waals surface area contributed by atoms with Gasteiger partial charge in [-0.2, -0.15) is 0 Å². The summed E-state index contributed by atoms with van der Waals surface area (Å²) in [6, 6.07) is 14.0. The van der Waals surface area contributed by atoms with Crippen molar-refractivity contribution in [1.82, 2.24) is 0 Å². The lowest BCUT2D eigenvalue weighted by Crippen LogP contribution is -2.01. The average Bonchev–Trinajstić information content (AvgIpc) is 2.53. The van der Waals surface area contributed by atoms with Gasteiger partial charge in [-0.1, -0.05) is 36.4 Å². The van der Waals surface area contributed by atoms with Crippen molar-refractivity contribution in [1.29, 1.82) is 0 Å². The zero-order valence-corrected chi connectivity index (χ0v) is 11.9. The Balaban J connectivity index is 2.08. The third-order valence-electron chi connectivity index (χ3n) is 3.28. The molecule has 0 fully saturated rings. The molecule has 3 aromatic rings. The first-order valence-corrected chi connectivity index (χ1v) is 6.75. The quantitative estimate of drug-likeness (QED) is 0.800. The first-order chi connectivity index (χ1) is 10.7. The Kier molecular flexibility index (Phi) is 3.66. The van der Waals surface area contributed by atoms with Crippen molar-refractivity contribution < 1.29 is 14.3 Å². The number of aromatic hydroxyl groups is 1. The Bertz CT molecular complexity index is 892. The summed E-state index contributed by atoms with van der Waals surface area (Å²) in [4.78, 5) is 12.1. The highest BCUT2D eigenvalue weighted by Gasteiger charge is 2.10. The number of fused-ring (bicyclic) bond motifs is 1. The highest BCUT2D eigenvalue weighted by atomic mass is 16.5. The average molecular weight is 294 g/mol. The van der Waals surface area contributed by atoms with Gasteiger partial charge in [0.1, 0.15) is 28.2 Å². The molecule has 0 aliphatic rings. The van der Waals surface area contributed by atoms with E-state index >= 15 is 0 Å². The lowest BCUT2D eigenvalue weighted by Gasteiger charge is -2.05. The van der Waals surface area contributed by atoms with Gasteiger partial charge in [-0.3, -0.25) is 4.79 Å². The smallest absolute Gasteiger partial charge is 0.197 e. The van der Waals surface area contributed by atoms with Crippen LogP contribution in [0.15, 0.2) is 57.7 Å². The fraction of sp³-hybridized carbons (Fsp3) is 0.0556. The summed E-state index contributed by atoms with van der Waals surface area (Å²) in [5.41, 5.74) is 0.991. The summed E-state index contributed by atoms with van der Waals surface area (Å²) >= 11 is 0. The Morgan fingerprint density at radius 3 is 2.59 bits per heavy atom. The van der Waals surface area contributed by atoms with Crippen LogP contribution in [0.25, 0.3) is 23.1 Å². The summed E-state index contributed by atoms with van der Waals surface area (Å²) in [6.07, 6.45) is 3.57. The van der Waals surface area contributed by atoms with E-state index in [4.69, 9.17) is 9.15 Å². The van der Waals surface area contributed by atoms with Crippen molar-refractivity contribution in [2.75, 3.05) is 7.11 Å². The van der Waals surface area contributed by atoms with Crippen LogP contribution in [0.2, 0.25) is 0 Å². The summed E-state index contributed by atoms with van der Waals surface area (Å²) in [5, 5.41) is 10.1. The van der Waals surface area contributed by atoms with E-state index in [-0.39, 0.29) is 22.1 Å². The molecule has 0 aliphatic heterocycles. The van der Waals surface area contributed by atoms with Crippen LogP contribution in [0, 0.1) is 0 Å². The number of hydrogen-bond donors (Lipinski definition) is 1. The topological polar surface area (TPSA) is 59.7 Å². The summed E-state index contributed by atoms with van der Waals surface area (Å²) in [7, 11) is 1.48. The molecule has 0 aliphatic carbocycles. The number of rotatable bonds is 3. The Morgan fingerprint density at radius 2 is 1.86 bits per heavy atom. The predicted octanol–water partition coefficient (Wildman–Crippen LogP) is 3.68. The van der Waals surface area contributed by atoms with Crippen LogP contribution in [0.5, 0.6) is 11.5 Å². The normalized spacial score (nSPS) is 11.1. The Morgan fingerprint density at radius 1 is 1.09 bits per heavy atom. The number of phenolic OH excluding ortho intramolecular Hbond substituents is 1. The standard InChI is InChI=1S/C18H14O4/c1-21-14-10-16(20)18-15(19)9-13(22-17(18)11-14)8-7-12-5-3-2-4-6-12/h2-11,20H,1H3/b8-7+. The lowest BCUT2D eigenvalue weighted by atomic mass is 10.1. The second kappa shape index (κ2) is 5.77. The van der Waals surface area contributed by atoms with Gasteiger partial charge in [-0.15, -0.1) is 0 Å². The lowest BCUT2D eigenvalue weighted by molar-refractivity contribution is 0.407. The first kappa shape index (κ1) is 13.9. The number of methoxy groups -OCH3 is 1. The molecule has 1 aromatic heterocycles. The van der Waals surface area contributed by atoms with Crippen LogP contribution < -0.4 is 10.2 Å². The van der Waals surface area contributed by atoms with Crippen molar-refractivity contribution in [3.8, 4) is 11.5 Å². The molecule has 0 unspecified atom stereocenters. The van der Waals surface area contributed by atoms with Gasteiger partial charge in [0.2, 0.25) is 0 Å². The molecule has 0 spiro atoms. The molecule has 0 atom stereocenters. The molecule has 22 heavy (non-hydrogen) atoms. The molecule has 4 nitrogen and oxygen atoms in total. The van der Waals surface area contributed by atoms with E-state index in [1.165, 1.54) is 19.2 Å². The number of phenols is 1. The van der Waals surface area contributed by atoms with Crippen LogP contribution in [0.3, 0.4) is 0 Å². The maximum Gasteiger partial charge on any atom is 0.197 e. The van der Waals surface area contributed by atoms with Gasteiger partial charge in [0.15, 0.2) is 5.43 Å². The fourth-order valence-corrected chi connectivity index (χ4v) is 2.20.